The number of imidazole rings is 1. The average Bonchev–Trinajstić information content (AvgIpc) is 2.72. The molecule has 0 radical (unpaired) electrons. The van der Waals surface area contributed by atoms with E-state index in [0.717, 1.165) is 11.3 Å². The van der Waals surface area contributed by atoms with Gasteiger partial charge in [-0.25, -0.2) is 10.9 Å². The van der Waals surface area contributed by atoms with Gasteiger partial charge in [0.05, 0.1) is 12.9 Å². The highest BCUT2D eigenvalue weighted by molar-refractivity contribution is 5.34. The number of hydrogen-bond acceptors (Lipinski definition) is 3. The first-order chi connectivity index (χ1) is 6.90. The minimum Gasteiger partial charge on any atom is -0.306 e. The van der Waals surface area contributed by atoms with E-state index < -0.39 is 0 Å². The van der Waals surface area contributed by atoms with E-state index in [4.69, 9.17) is 5.90 Å². The molecule has 0 bridgehead atoms. The molecule has 2 aromatic rings. The molecule has 72 valence electrons. The molecule has 4 nitrogen and oxygen atoms in total. The maximum absolute atomic E-state index is 4.98. The predicted molar refractivity (Wildman–Crippen MR) is 52.5 cm³/mol. The molecule has 1 heterocycles. The predicted octanol–water partition coefficient (Wildman–Crippen LogP) is 1.26. The van der Waals surface area contributed by atoms with Crippen molar-refractivity contribution in [3.05, 3.63) is 48.5 Å². The number of aromatic nitrogens is 2. The summed E-state index contributed by atoms with van der Waals surface area (Å²) < 4.78 is 1.94. The Bertz CT molecular complexity index is 380. The summed E-state index contributed by atoms with van der Waals surface area (Å²) in [6.45, 7) is 0.435. The molecule has 0 aliphatic heterocycles. The lowest BCUT2D eigenvalue weighted by Gasteiger charge is -2.03. The maximum Gasteiger partial charge on any atom is 0.0991 e. The van der Waals surface area contributed by atoms with Crippen molar-refractivity contribution < 1.29 is 4.84 Å². The smallest absolute Gasteiger partial charge is 0.0991 e. The summed E-state index contributed by atoms with van der Waals surface area (Å²) in [6, 6.07) is 7.94. The zero-order valence-electron chi connectivity index (χ0n) is 7.63. The molecule has 1 aromatic carbocycles. The topological polar surface area (TPSA) is 53.1 Å². The fourth-order valence-electron chi connectivity index (χ4n) is 1.27. The Kier molecular flexibility index (Phi) is 2.58. The molecule has 0 saturated heterocycles. The van der Waals surface area contributed by atoms with Crippen molar-refractivity contribution in [1.82, 2.24) is 9.55 Å². The third-order valence-corrected chi connectivity index (χ3v) is 1.99. The van der Waals surface area contributed by atoms with Crippen LogP contribution < -0.4 is 5.90 Å². The van der Waals surface area contributed by atoms with Crippen LogP contribution >= 0.6 is 0 Å². The molecule has 0 amide bonds. The lowest BCUT2D eigenvalue weighted by atomic mass is 10.2. The van der Waals surface area contributed by atoms with Gasteiger partial charge in [0.15, 0.2) is 0 Å². The average molecular weight is 189 g/mol. The van der Waals surface area contributed by atoms with E-state index in [9.17, 15) is 0 Å². The van der Waals surface area contributed by atoms with E-state index in [1.807, 2.05) is 35.0 Å². The van der Waals surface area contributed by atoms with E-state index in [0.29, 0.717) is 6.61 Å². The summed E-state index contributed by atoms with van der Waals surface area (Å²) in [7, 11) is 0. The standard InChI is InChI=1S/C10H11N3O/c11-14-7-9-1-3-10(4-2-9)13-6-5-12-8-13/h1-6,8H,7,11H2. The van der Waals surface area contributed by atoms with Gasteiger partial charge in [-0.05, 0) is 17.7 Å². The zero-order valence-corrected chi connectivity index (χ0v) is 7.63. The van der Waals surface area contributed by atoms with E-state index in [1.165, 1.54) is 0 Å². The molecule has 0 saturated carbocycles. The van der Waals surface area contributed by atoms with Crippen molar-refractivity contribution in [1.29, 1.82) is 0 Å². The summed E-state index contributed by atoms with van der Waals surface area (Å²) in [4.78, 5) is 8.51. The molecule has 14 heavy (non-hydrogen) atoms. The highest BCUT2D eigenvalue weighted by atomic mass is 16.6. The molecule has 0 fully saturated rings. The van der Waals surface area contributed by atoms with Crippen molar-refractivity contribution in [2.24, 2.45) is 5.90 Å². The van der Waals surface area contributed by atoms with Gasteiger partial charge in [-0.15, -0.1) is 0 Å². The number of nitrogens with two attached hydrogens (primary N) is 1. The molecule has 2 rings (SSSR count). The highest BCUT2D eigenvalue weighted by Crippen LogP contribution is 2.09. The van der Waals surface area contributed by atoms with Gasteiger partial charge in [0.2, 0.25) is 0 Å². The summed E-state index contributed by atoms with van der Waals surface area (Å²) in [5, 5.41) is 0. The van der Waals surface area contributed by atoms with Gasteiger partial charge < -0.3 is 4.57 Å². The quantitative estimate of drug-likeness (QED) is 0.739. The summed E-state index contributed by atoms with van der Waals surface area (Å²) in [5.41, 5.74) is 2.12. The van der Waals surface area contributed by atoms with Gasteiger partial charge in [0, 0.05) is 18.1 Å². The van der Waals surface area contributed by atoms with Crippen LogP contribution in [0.25, 0.3) is 5.69 Å². The van der Waals surface area contributed by atoms with Crippen molar-refractivity contribution in [2.45, 2.75) is 6.61 Å². The van der Waals surface area contributed by atoms with Crippen molar-refractivity contribution in [3.8, 4) is 5.69 Å². The SMILES string of the molecule is NOCc1ccc(-n2ccnc2)cc1. The third kappa shape index (κ3) is 1.81. The lowest BCUT2D eigenvalue weighted by molar-refractivity contribution is 0.124. The van der Waals surface area contributed by atoms with Gasteiger partial charge in [-0.3, -0.25) is 4.84 Å². The van der Waals surface area contributed by atoms with Gasteiger partial charge >= 0.3 is 0 Å². The Labute approximate surface area is 81.9 Å². The third-order valence-electron chi connectivity index (χ3n) is 1.99. The molecule has 0 aliphatic rings. The first-order valence-electron chi connectivity index (χ1n) is 4.29. The Morgan fingerprint density at radius 3 is 2.64 bits per heavy atom. The van der Waals surface area contributed by atoms with Gasteiger partial charge in [-0.1, -0.05) is 12.1 Å². The fraction of sp³-hybridized carbons (Fsp3) is 0.100. The van der Waals surface area contributed by atoms with Gasteiger partial charge in [0.1, 0.15) is 0 Å². The monoisotopic (exact) mass is 189 g/mol. The van der Waals surface area contributed by atoms with E-state index in [1.54, 1.807) is 12.5 Å². The van der Waals surface area contributed by atoms with Crippen LogP contribution in [0.4, 0.5) is 0 Å². The molecule has 0 spiro atoms. The Morgan fingerprint density at radius 2 is 2.07 bits per heavy atom. The minimum atomic E-state index is 0.435. The molecule has 4 heteroatoms. The molecule has 2 N–H and O–H groups in total. The normalized spacial score (nSPS) is 10.4. The molecular formula is C10H11N3O. The maximum atomic E-state index is 4.98. The Morgan fingerprint density at radius 1 is 1.29 bits per heavy atom. The van der Waals surface area contributed by atoms with E-state index in [2.05, 4.69) is 9.82 Å². The van der Waals surface area contributed by atoms with Gasteiger partial charge in [-0.2, -0.15) is 0 Å². The van der Waals surface area contributed by atoms with Gasteiger partial charge in [0.25, 0.3) is 0 Å². The largest absolute Gasteiger partial charge is 0.306 e. The van der Waals surface area contributed by atoms with E-state index in [-0.39, 0.29) is 0 Å². The number of benzene rings is 1. The lowest BCUT2D eigenvalue weighted by Crippen LogP contribution is -1.99. The van der Waals surface area contributed by atoms with Crippen LogP contribution in [-0.2, 0) is 11.4 Å². The molecule has 1 aromatic heterocycles. The van der Waals surface area contributed by atoms with Crippen LogP contribution in [0.2, 0.25) is 0 Å². The van der Waals surface area contributed by atoms with Crippen LogP contribution in [0, 0.1) is 0 Å². The molecule has 0 aliphatic carbocycles. The van der Waals surface area contributed by atoms with Crippen molar-refractivity contribution in [3.63, 3.8) is 0 Å². The van der Waals surface area contributed by atoms with E-state index >= 15 is 0 Å². The number of rotatable bonds is 3. The van der Waals surface area contributed by atoms with Crippen LogP contribution in [-0.4, -0.2) is 9.55 Å². The van der Waals surface area contributed by atoms with Crippen LogP contribution in [0.15, 0.2) is 43.0 Å². The number of nitrogens with zero attached hydrogens (tertiary/aromatic N) is 2. The first-order valence-corrected chi connectivity index (χ1v) is 4.29. The van der Waals surface area contributed by atoms with Crippen LogP contribution in [0.5, 0.6) is 0 Å². The summed E-state index contributed by atoms with van der Waals surface area (Å²) in [6.07, 6.45) is 5.40. The summed E-state index contributed by atoms with van der Waals surface area (Å²) in [5.74, 6) is 4.98. The molecular weight excluding hydrogens is 178 g/mol. The van der Waals surface area contributed by atoms with Crippen molar-refractivity contribution in [2.75, 3.05) is 0 Å². The van der Waals surface area contributed by atoms with Crippen LogP contribution in [0.1, 0.15) is 5.56 Å². The fourth-order valence-corrected chi connectivity index (χ4v) is 1.27. The second kappa shape index (κ2) is 4.04. The summed E-state index contributed by atoms with van der Waals surface area (Å²) >= 11 is 0. The molecule has 0 unspecified atom stereocenters. The van der Waals surface area contributed by atoms with Crippen LogP contribution in [0.3, 0.4) is 0 Å². The molecule has 0 atom stereocenters. The minimum absolute atomic E-state index is 0.435. The second-order valence-corrected chi connectivity index (χ2v) is 2.95. The van der Waals surface area contributed by atoms with Crippen molar-refractivity contribution >= 4 is 0 Å². The highest BCUT2D eigenvalue weighted by Gasteiger charge is 1.95. The number of hydrogen-bond donors (Lipinski definition) is 1. The Hall–Kier alpha value is -1.65. The zero-order chi connectivity index (χ0) is 9.80. The first kappa shape index (κ1) is 8.93. The second-order valence-electron chi connectivity index (χ2n) is 2.95. The Balaban J connectivity index is 2.22.